The van der Waals surface area contributed by atoms with Crippen molar-refractivity contribution in [1.82, 2.24) is 14.9 Å². The first-order valence-electron chi connectivity index (χ1n) is 10.8. The number of nitrogens with zero attached hydrogens (tertiary/aromatic N) is 2. The van der Waals surface area contributed by atoms with Crippen molar-refractivity contribution in [2.24, 2.45) is 0 Å². The topological polar surface area (TPSA) is 84.5 Å². The number of hydrogen-bond acceptors (Lipinski definition) is 5. The van der Waals surface area contributed by atoms with E-state index >= 15 is 0 Å². The number of H-pyrrole nitrogens is 1. The van der Waals surface area contributed by atoms with E-state index in [4.69, 9.17) is 9.47 Å². The summed E-state index contributed by atoms with van der Waals surface area (Å²) in [6, 6.07) is 7.28. The SMILES string of the molecule is COc1ccc(C(=O)N2CCC[C@H](c3cc4nc(C)cc(C(F)(F)F)c4c(=O)[nH]3)C2)cc1OC. The zero-order valence-corrected chi connectivity index (χ0v) is 19.0. The van der Waals surface area contributed by atoms with Crippen LogP contribution in [0.2, 0.25) is 0 Å². The molecule has 0 unspecified atom stereocenters. The van der Waals surface area contributed by atoms with Crippen LogP contribution in [-0.4, -0.2) is 48.1 Å². The lowest BCUT2D eigenvalue weighted by atomic mass is 9.93. The number of pyridine rings is 2. The lowest BCUT2D eigenvalue weighted by Crippen LogP contribution is -2.39. The number of hydrogen-bond donors (Lipinski definition) is 1. The number of aromatic nitrogens is 2. The predicted molar refractivity (Wildman–Crippen MR) is 120 cm³/mol. The molecule has 10 heteroatoms. The Balaban J connectivity index is 1.65. The van der Waals surface area contributed by atoms with E-state index in [1.165, 1.54) is 27.2 Å². The van der Waals surface area contributed by atoms with Gasteiger partial charge in [-0.25, -0.2) is 0 Å². The maximum absolute atomic E-state index is 13.5. The summed E-state index contributed by atoms with van der Waals surface area (Å²) in [7, 11) is 2.99. The smallest absolute Gasteiger partial charge is 0.417 e. The van der Waals surface area contributed by atoms with Gasteiger partial charge in [-0.2, -0.15) is 13.2 Å². The van der Waals surface area contributed by atoms with Gasteiger partial charge in [-0.15, -0.1) is 0 Å². The summed E-state index contributed by atoms with van der Waals surface area (Å²) < 4.78 is 51.0. The Morgan fingerprint density at radius 2 is 1.88 bits per heavy atom. The van der Waals surface area contributed by atoms with Crippen LogP contribution in [0, 0.1) is 6.92 Å². The standard InChI is InChI=1S/C24H24F3N3O4/c1-13-9-16(24(25,26)27)21-18(28-13)11-17(29-22(21)31)15-5-4-8-30(12-15)23(32)14-6-7-19(33-2)20(10-14)34-3/h6-7,9-11,15H,4-5,8,12H2,1-3H3,(H,29,31)/t15-/m0/s1. The third-order valence-electron chi connectivity index (χ3n) is 6.04. The molecule has 1 atom stereocenters. The van der Waals surface area contributed by atoms with E-state index in [2.05, 4.69) is 9.97 Å². The first-order chi connectivity index (χ1) is 16.1. The number of alkyl halides is 3. The molecule has 7 nitrogen and oxygen atoms in total. The van der Waals surface area contributed by atoms with Crippen molar-refractivity contribution in [2.75, 3.05) is 27.3 Å². The first-order valence-corrected chi connectivity index (χ1v) is 10.8. The van der Waals surface area contributed by atoms with Gasteiger partial charge in [-0.3, -0.25) is 14.6 Å². The molecular formula is C24H24F3N3O4. The van der Waals surface area contributed by atoms with Gasteiger partial charge in [0, 0.05) is 36.0 Å². The number of methoxy groups -OCH3 is 2. The van der Waals surface area contributed by atoms with Crippen LogP contribution in [0.1, 0.15) is 46.1 Å². The lowest BCUT2D eigenvalue weighted by Gasteiger charge is -2.33. The van der Waals surface area contributed by atoms with Crippen molar-refractivity contribution in [3.63, 3.8) is 0 Å². The molecule has 0 spiro atoms. The molecule has 180 valence electrons. The summed E-state index contributed by atoms with van der Waals surface area (Å²) in [4.78, 5) is 34.3. The van der Waals surface area contributed by atoms with E-state index in [-0.39, 0.29) is 23.0 Å². The van der Waals surface area contributed by atoms with Gasteiger partial charge in [0.25, 0.3) is 11.5 Å². The number of aromatic amines is 1. The number of benzene rings is 1. The van der Waals surface area contributed by atoms with Gasteiger partial charge in [0.15, 0.2) is 11.5 Å². The average molecular weight is 475 g/mol. The van der Waals surface area contributed by atoms with Gasteiger partial charge in [0.2, 0.25) is 0 Å². The molecule has 34 heavy (non-hydrogen) atoms. The minimum absolute atomic E-state index is 0.00517. The second-order valence-corrected chi connectivity index (χ2v) is 8.28. The number of carbonyl (C=O) groups is 1. The summed E-state index contributed by atoms with van der Waals surface area (Å²) in [6.45, 7) is 2.29. The molecule has 3 heterocycles. The Morgan fingerprint density at radius 3 is 2.56 bits per heavy atom. The summed E-state index contributed by atoms with van der Waals surface area (Å²) >= 11 is 0. The molecule has 0 saturated carbocycles. The Morgan fingerprint density at radius 1 is 1.15 bits per heavy atom. The van der Waals surface area contributed by atoms with Gasteiger partial charge in [0.1, 0.15) is 0 Å². The Bertz CT molecular complexity index is 1300. The van der Waals surface area contributed by atoms with E-state index in [1.807, 2.05) is 0 Å². The quantitative estimate of drug-likeness (QED) is 0.609. The third kappa shape index (κ3) is 4.44. The minimum Gasteiger partial charge on any atom is -0.493 e. The summed E-state index contributed by atoms with van der Waals surface area (Å²) in [5.74, 6) is 0.488. The van der Waals surface area contributed by atoms with E-state index in [0.717, 1.165) is 6.07 Å². The number of carbonyl (C=O) groups excluding carboxylic acids is 1. The molecule has 3 aromatic rings. The largest absolute Gasteiger partial charge is 0.493 e. The maximum atomic E-state index is 13.5. The van der Waals surface area contributed by atoms with Crippen molar-refractivity contribution >= 4 is 16.8 Å². The van der Waals surface area contributed by atoms with Gasteiger partial charge in [-0.05, 0) is 50.1 Å². The maximum Gasteiger partial charge on any atom is 0.417 e. The Labute approximate surface area is 193 Å². The molecule has 1 saturated heterocycles. The summed E-state index contributed by atoms with van der Waals surface area (Å²) in [6.07, 6.45) is -3.32. The van der Waals surface area contributed by atoms with Crippen LogP contribution in [0.25, 0.3) is 10.9 Å². The van der Waals surface area contributed by atoms with Crippen LogP contribution in [-0.2, 0) is 6.18 Å². The van der Waals surface area contributed by atoms with Crippen LogP contribution < -0.4 is 15.0 Å². The van der Waals surface area contributed by atoms with Crippen molar-refractivity contribution in [3.05, 3.63) is 63.2 Å². The molecule has 1 aliphatic heterocycles. The van der Waals surface area contributed by atoms with E-state index in [9.17, 15) is 22.8 Å². The highest BCUT2D eigenvalue weighted by Crippen LogP contribution is 2.35. The molecule has 4 rings (SSSR count). The van der Waals surface area contributed by atoms with Gasteiger partial charge >= 0.3 is 6.18 Å². The highest BCUT2D eigenvalue weighted by molar-refractivity contribution is 5.95. The number of ether oxygens (including phenoxy) is 2. The number of fused-ring (bicyclic) bond motifs is 1. The van der Waals surface area contributed by atoms with Gasteiger partial charge in [0.05, 0.1) is 30.7 Å². The van der Waals surface area contributed by atoms with Crippen molar-refractivity contribution in [1.29, 1.82) is 0 Å². The van der Waals surface area contributed by atoms with E-state index < -0.39 is 22.7 Å². The van der Waals surface area contributed by atoms with Crippen LogP contribution in [0.3, 0.4) is 0 Å². The number of halogens is 3. The van der Waals surface area contributed by atoms with E-state index in [0.29, 0.717) is 48.7 Å². The molecule has 0 radical (unpaired) electrons. The van der Waals surface area contributed by atoms with E-state index in [1.54, 1.807) is 23.1 Å². The zero-order chi connectivity index (χ0) is 24.6. The molecule has 0 bridgehead atoms. The number of amides is 1. The molecule has 2 aromatic heterocycles. The molecule has 1 fully saturated rings. The monoisotopic (exact) mass is 475 g/mol. The van der Waals surface area contributed by atoms with Crippen LogP contribution in [0.15, 0.2) is 35.1 Å². The fourth-order valence-corrected chi connectivity index (χ4v) is 4.43. The molecule has 1 amide bonds. The molecule has 0 aliphatic carbocycles. The Kier molecular flexibility index (Phi) is 6.24. The third-order valence-corrected chi connectivity index (χ3v) is 6.04. The van der Waals surface area contributed by atoms with Gasteiger partial charge in [-0.1, -0.05) is 0 Å². The molecule has 1 N–H and O–H groups in total. The zero-order valence-electron chi connectivity index (χ0n) is 19.0. The highest BCUT2D eigenvalue weighted by Gasteiger charge is 2.35. The van der Waals surface area contributed by atoms with Crippen molar-refractivity contribution < 1.29 is 27.4 Å². The predicted octanol–water partition coefficient (Wildman–Crippen LogP) is 4.29. The Hall–Kier alpha value is -3.56. The summed E-state index contributed by atoms with van der Waals surface area (Å²) in [5.41, 5.74) is -0.780. The molecule has 1 aliphatic rings. The first kappa shape index (κ1) is 23.6. The minimum atomic E-state index is -4.67. The van der Waals surface area contributed by atoms with Crippen molar-refractivity contribution in [3.8, 4) is 11.5 Å². The van der Waals surface area contributed by atoms with Crippen LogP contribution >= 0.6 is 0 Å². The molecular weight excluding hydrogens is 451 g/mol. The van der Waals surface area contributed by atoms with Crippen LogP contribution in [0.5, 0.6) is 11.5 Å². The van der Waals surface area contributed by atoms with Crippen LogP contribution in [0.4, 0.5) is 13.2 Å². The second kappa shape index (κ2) is 9.00. The average Bonchev–Trinajstić information content (AvgIpc) is 2.81. The second-order valence-electron chi connectivity index (χ2n) is 8.28. The number of nitrogens with one attached hydrogen (secondary N) is 1. The fraction of sp³-hybridized carbons (Fsp3) is 0.375. The number of aryl methyl sites for hydroxylation is 1. The fourth-order valence-electron chi connectivity index (χ4n) is 4.43. The lowest BCUT2D eigenvalue weighted by molar-refractivity contribution is -0.136. The number of piperidine rings is 1. The van der Waals surface area contributed by atoms with Crippen molar-refractivity contribution in [2.45, 2.75) is 31.9 Å². The number of rotatable bonds is 4. The highest BCUT2D eigenvalue weighted by atomic mass is 19.4. The summed E-state index contributed by atoms with van der Waals surface area (Å²) in [5, 5.41) is -0.476. The molecule has 1 aromatic carbocycles. The van der Waals surface area contributed by atoms with Gasteiger partial charge < -0.3 is 19.4 Å². The number of likely N-dealkylation sites (tertiary alicyclic amines) is 1. The normalized spacial score (nSPS) is 16.5.